The predicted molar refractivity (Wildman–Crippen MR) is 99.7 cm³/mol. The average molecular weight is 368 g/mol. The lowest BCUT2D eigenvalue weighted by atomic mass is 9.82. The number of halogens is 2. The topological polar surface area (TPSA) is 52.5 Å². The second-order valence-electron chi connectivity index (χ2n) is 6.29. The first-order chi connectivity index (χ1) is 11.3. The molecule has 130 valence electrons. The van der Waals surface area contributed by atoms with E-state index in [9.17, 15) is 10.2 Å². The van der Waals surface area contributed by atoms with Gasteiger partial charge < -0.3 is 15.5 Å². The molecule has 2 rings (SSSR count). The van der Waals surface area contributed by atoms with Crippen molar-refractivity contribution in [1.29, 1.82) is 0 Å². The van der Waals surface area contributed by atoms with Crippen molar-refractivity contribution in [2.45, 2.75) is 38.0 Å². The summed E-state index contributed by atoms with van der Waals surface area (Å²) >= 11 is 11.9. The molecular formula is C19H23Cl2NO2. The van der Waals surface area contributed by atoms with Crippen LogP contribution >= 0.6 is 23.2 Å². The van der Waals surface area contributed by atoms with Crippen LogP contribution in [0.2, 0.25) is 10.0 Å². The lowest BCUT2D eigenvalue weighted by Crippen LogP contribution is -2.38. The molecule has 0 fully saturated rings. The predicted octanol–water partition coefficient (Wildman–Crippen LogP) is 3.98. The molecule has 1 unspecified atom stereocenters. The summed E-state index contributed by atoms with van der Waals surface area (Å²) in [7, 11) is 0. The van der Waals surface area contributed by atoms with E-state index in [0.29, 0.717) is 27.7 Å². The first kappa shape index (κ1) is 19.2. The summed E-state index contributed by atoms with van der Waals surface area (Å²) in [5.74, 6) is 0. The minimum Gasteiger partial charge on any atom is -0.392 e. The van der Waals surface area contributed by atoms with Gasteiger partial charge in [-0.1, -0.05) is 61.3 Å². The molecule has 0 aromatic heterocycles. The maximum absolute atomic E-state index is 11.4. The van der Waals surface area contributed by atoms with Gasteiger partial charge in [0.2, 0.25) is 0 Å². The first-order valence-corrected chi connectivity index (χ1v) is 8.73. The van der Waals surface area contributed by atoms with E-state index in [1.54, 1.807) is 48.5 Å². The van der Waals surface area contributed by atoms with Crippen LogP contribution in [0.4, 0.5) is 0 Å². The number of hydrogen-bond donors (Lipinski definition) is 3. The standard InChI is InChI=1S/C19H23Cl2NO2/c1-13(2)22-12-18(23)11-19(24,14-3-7-16(20)8-4-14)15-5-9-17(21)10-6-15/h3-10,13,18,22-24H,11-12H2,1-2H3. The SMILES string of the molecule is CC(C)NCC(O)CC(O)(c1ccc(Cl)cc1)c1ccc(Cl)cc1. The largest absolute Gasteiger partial charge is 0.392 e. The van der Waals surface area contributed by atoms with E-state index >= 15 is 0 Å². The quantitative estimate of drug-likeness (QED) is 0.693. The molecule has 0 spiro atoms. The van der Waals surface area contributed by atoms with Gasteiger partial charge in [0.15, 0.2) is 0 Å². The fourth-order valence-corrected chi connectivity index (χ4v) is 2.89. The van der Waals surface area contributed by atoms with Crippen LogP contribution in [-0.4, -0.2) is 28.9 Å². The van der Waals surface area contributed by atoms with Gasteiger partial charge in [-0.2, -0.15) is 0 Å². The van der Waals surface area contributed by atoms with Crippen molar-refractivity contribution in [3.8, 4) is 0 Å². The van der Waals surface area contributed by atoms with Crippen molar-refractivity contribution < 1.29 is 10.2 Å². The number of rotatable bonds is 7. The smallest absolute Gasteiger partial charge is 0.117 e. The van der Waals surface area contributed by atoms with Crippen LogP contribution in [0.15, 0.2) is 48.5 Å². The summed E-state index contributed by atoms with van der Waals surface area (Å²) in [5.41, 5.74) is 0.0309. The van der Waals surface area contributed by atoms with Crippen LogP contribution in [0.3, 0.4) is 0 Å². The van der Waals surface area contributed by atoms with Crippen molar-refractivity contribution in [2.75, 3.05) is 6.54 Å². The highest BCUT2D eigenvalue weighted by atomic mass is 35.5. The van der Waals surface area contributed by atoms with Gasteiger partial charge in [-0.05, 0) is 35.4 Å². The highest BCUT2D eigenvalue weighted by molar-refractivity contribution is 6.30. The molecule has 0 heterocycles. The number of nitrogens with one attached hydrogen (secondary N) is 1. The molecule has 1 atom stereocenters. The van der Waals surface area contributed by atoms with Gasteiger partial charge in [0, 0.05) is 29.1 Å². The molecule has 2 aromatic rings. The van der Waals surface area contributed by atoms with E-state index in [2.05, 4.69) is 5.32 Å². The van der Waals surface area contributed by atoms with Gasteiger partial charge in [-0.3, -0.25) is 0 Å². The highest BCUT2D eigenvalue weighted by Crippen LogP contribution is 2.35. The van der Waals surface area contributed by atoms with Crippen LogP contribution in [-0.2, 0) is 5.60 Å². The van der Waals surface area contributed by atoms with Gasteiger partial charge in [0.25, 0.3) is 0 Å². The zero-order valence-corrected chi connectivity index (χ0v) is 15.3. The summed E-state index contributed by atoms with van der Waals surface area (Å²) < 4.78 is 0. The zero-order chi connectivity index (χ0) is 17.7. The lowest BCUT2D eigenvalue weighted by molar-refractivity contribution is 0.0173. The first-order valence-electron chi connectivity index (χ1n) is 7.97. The molecule has 0 saturated carbocycles. The normalized spacial score (nSPS) is 13.3. The Kier molecular flexibility index (Phi) is 6.67. The van der Waals surface area contributed by atoms with Crippen LogP contribution in [0, 0.1) is 0 Å². The van der Waals surface area contributed by atoms with Gasteiger partial charge in [-0.25, -0.2) is 0 Å². The van der Waals surface area contributed by atoms with Crippen molar-refractivity contribution in [3.63, 3.8) is 0 Å². The minimum atomic E-state index is -1.33. The molecule has 5 heteroatoms. The van der Waals surface area contributed by atoms with Gasteiger partial charge in [0.05, 0.1) is 6.10 Å². The van der Waals surface area contributed by atoms with E-state index in [1.165, 1.54) is 0 Å². The Labute approximate surface area is 153 Å². The summed E-state index contributed by atoms with van der Waals surface area (Å²) in [5, 5.41) is 26.2. The third kappa shape index (κ3) is 4.95. The summed E-state index contributed by atoms with van der Waals surface area (Å²) in [4.78, 5) is 0. The molecule has 0 bridgehead atoms. The number of benzene rings is 2. The minimum absolute atomic E-state index is 0.163. The maximum atomic E-state index is 11.4. The average Bonchev–Trinajstić information content (AvgIpc) is 2.54. The third-order valence-corrected chi connectivity index (χ3v) is 4.44. The van der Waals surface area contributed by atoms with Crippen LogP contribution in [0.5, 0.6) is 0 Å². The highest BCUT2D eigenvalue weighted by Gasteiger charge is 2.34. The third-order valence-electron chi connectivity index (χ3n) is 3.94. The molecule has 0 saturated heterocycles. The molecule has 3 N–H and O–H groups in total. The molecule has 0 aliphatic rings. The van der Waals surface area contributed by atoms with Gasteiger partial charge in [0.1, 0.15) is 5.60 Å². The molecule has 24 heavy (non-hydrogen) atoms. The number of hydrogen-bond acceptors (Lipinski definition) is 3. The Morgan fingerprint density at radius 2 is 1.33 bits per heavy atom. The summed E-state index contributed by atoms with van der Waals surface area (Å²) in [6.07, 6.45) is -0.542. The zero-order valence-electron chi connectivity index (χ0n) is 13.8. The monoisotopic (exact) mass is 367 g/mol. The van der Waals surface area contributed by atoms with E-state index in [-0.39, 0.29) is 12.5 Å². The van der Waals surface area contributed by atoms with E-state index in [0.717, 1.165) is 0 Å². The van der Waals surface area contributed by atoms with E-state index in [4.69, 9.17) is 23.2 Å². The number of aliphatic hydroxyl groups is 2. The molecular weight excluding hydrogens is 345 g/mol. The number of aliphatic hydroxyl groups excluding tert-OH is 1. The van der Waals surface area contributed by atoms with Crippen LogP contribution in [0.1, 0.15) is 31.4 Å². The Morgan fingerprint density at radius 1 is 0.917 bits per heavy atom. The van der Waals surface area contributed by atoms with Crippen LogP contribution in [0.25, 0.3) is 0 Å². The van der Waals surface area contributed by atoms with Crippen molar-refractivity contribution >= 4 is 23.2 Å². The van der Waals surface area contributed by atoms with Crippen molar-refractivity contribution in [3.05, 3.63) is 69.7 Å². The van der Waals surface area contributed by atoms with E-state index in [1.807, 2.05) is 13.8 Å². The second kappa shape index (κ2) is 8.32. The summed E-state index contributed by atoms with van der Waals surface area (Å²) in [6, 6.07) is 14.3. The van der Waals surface area contributed by atoms with Crippen molar-refractivity contribution in [2.24, 2.45) is 0 Å². The Morgan fingerprint density at radius 3 is 1.71 bits per heavy atom. The van der Waals surface area contributed by atoms with Gasteiger partial charge >= 0.3 is 0 Å². The Hall–Kier alpha value is -1.10. The second-order valence-corrected chi connectivity index (χ2v) is 7.17. The van der Waals surface area contributed by atoms with Crippen LogP contribution < -0.4 is 5.32 Å². The van der Waals surface area contributed by atoms with Crippen molar-refractivity contribution in [1.82, 2.24) is 5.32 Å². The molecule has 3 nitrogen and oxygen atoms in total. The van der Waals surface area contributed by atoms with Gasteiger partial charge in [-0.15, -0.1) is 0 Å². The molecule has 0 aliphatic heterocycles. The lowest BCUT2D eigenvalue weighted by Gasteiger charge is -2.32. The summed E-state index contributed by atoms with van der Waals surface area (Å²) in [6.45, 7) is 4.43. The molecule has 0 aliphatic carbocycles. The molecule has 0 amide bonds. The Balaban J connectivity index is 2.33. The maximum Gasteiger partial charge on any atom is 0.117 e. The fourth-order valence-electron chi connectivity index (χ4n) is 2.64. The molecule has 2 aromatic carbocycles. The molecule has 0 radical (unpaired) electrons. The fraction of sp³-hybridized carbons (Fsp3) is 0.368. The Bertz CT molecular complexity index is 596. The van der Waals surface area contributed by atoms with E-state index < -0.39 is 11.7 Å².